The maximum atomic E-state index is 12.1. The smallest absolute Gasteiger partial charge is 0.258 e. The first-order chi connectivity index (χ1) is 11.1. The first kappa shape index (κ1) is 20.3. The average Bonchev–Trinajstić information content (AvgIpc) is 2.58. The molecule has 0 aromatic heterocycles. The van der Waals surface area contributed by atoms with Crippen molar-refractivity contribution in [1.29, 1.82) is 0 Å². The van der Waals surface area contributed by atoms with Crippen LogP contribution >= 0.6 is 12.4 Å². The van der Waals surface area contributed by atoms with Crippen LogP contribution in [0.15, 0.2) is 30.3 Å². The minimum Gasteiger partial charge on any atom is -0.484 e. The van der Waals surface area contributed by atoms with E-state index >= 15 is 0 Å². The molecule has 2 amide bonds. The summed E-state index contributed by atoms with van der Waals surface area (Å²) in [6.07, 6.45) is 1.85. The lowest BCUT2D eigenvalue weighted by atomic mass is 9.91. The molecule has 0 saturated carbocycles. The van der Waals surface area contributed by atoms with Crippen molar-refractivity contribution in [3.63, 3.8) is 0 Å². The van der Waals surface area contributed by atoms with Crippen LogP contribution in [0.1, 0.15) is 19.8 Å². The van der Waals surface area contributed by atoms with E-state index < -0.39 is 0 Å². The van der Waals surface area contributed by atoms with Gasteiger partial charge in [-0.3, -0.25) is 9.59 Å². The number of benzene rings is 1. The van der Waals surface area contributed by atoms with Crippen LogP contribution in [0.2, 0.25) is 0 Å². The van der Waals surface area contributed by atoms with Gasteiger partial charge in [0.25, 0.3) is 5.91 Å². The van der Waals surface area contributed by atoms with Crippen molar-refractivity contribution in [3.05, 3.63) is 30.3 Å². The first-order valence-corrected chi connectivity index (χ1v) is 8.04. The Labute approximate surface area is 149 Å². The predicted octanol–water partition coefficient (Wildman–Crippen LogP) is 1.19. The van der Waals surface area contributed by atoms with Gasteiger partial charge in [0.15, 0.2) is 6.61 Å². The van der Waals surface area contributed by atoms with Crippen LogP contribution in [-0.2, 0) is 9.59 Å². The summed E-state index contributed by atoms with van der Waals surface area (Å²) in [6.45, 7) is 3.35. The SMILES string of the molecule is CC(N)C1CCN(C(=O)CNC(=O)COc2ccccc2)CC1.Cl. The summed E-state index contributed by atoms with van der Waals surface area (Å²) in [5.41, 5.74) is 5.89. The lowest BCUT2D eigenvalue weighted by molar-refractivity contribution is -0.134. The van der Waals surface area contributed by atoms with Crippen molar-refractivity contribution < 1.29 is 14.3 Å². The molecule has 0 bridgehead atoms. The summed E-state index contributed by atoms with van der Waals surface area (Å²) in [7, 11) is 0. The summed E-state index contributed by atoms with van der Waals surface area (Å²) >= 11 is 0. The van der Waals surface area contributed by atoms with E-state index in [-0.39, 0.29) is 43.4 Å². The highest BCUT2D eigenvalue weighted by molar-refractivity contribution is 5.85. The molecule has 0 radical (unpaired) electrons. The summed E-state index contributed by atoms with van der Waals surface area (Å²) in [5, 5.41) is 2.60. The van der Waals surface area contributed by atoms with Crippen LogP contribution in [0.5, 0.6) is 5.75 Å². The van der Waals surface area contributed by atoms with Crippen LogP contribution < -0.4 is 15.8 Å². The number of para-hydroxylation sites is 1. The fourth-order valence-corrected chi connectivity index (χ4v) is 2.68. The average molecular weight is 356 g/mol. The van der Waals surface area contributed by atoms with Crippen LogP contribution in [0.4, 0.5) is 0 Å². The summed E-state index contributed by atoms with van der Waals surface area (Å²) in [4.78, 5) is 25.6. The molecule has 134 valence electrons. The topological polar surface area (TPSA) is 84.7 Å². The predicted molar refractivity (Wildman–Crippen MR) is 95.1 cm³/mol. The van der Waals surface area contributed by atoms with Crippen molar-refractivity contribution >= 4 is 24.2 Å². The van der Waals surface area contributed by atoms with Gasteiger partial charge in [-0.15, -0.1) is 12.4 Å². The molecule has 1 unspecified atom stereocenters. The molecule has 2 rings (SSSR count). The monoisotopic (exact) mass is 355 g/mol. The van der Waals surface area contributed by atoms with Crippen LogP contribution in [0.3, 0.4) is 0 Å². The maximum Gasteiger partial charge on any atom is 0.258 e. The first-order valence-electron chi connectivity index (χ1n) is 8.04. The highest BCUT2D eigenvalue weighted by Gasteiger charge is 2.24. The van der Waals surface area contributed by atoms with Crippen LogP contribution in [0, 0.1) is 5.92 Å². The summed E-state index contributed by atoms with van der Waals surface area (Å²) in [5.74, 6) is 0.758. The fraction of sp³-hybridized carbons (Fsp3) is 0.529. The third-order valence-electron chi connectivity index (χ3n) is 4.19. The molecule has 1 aliphatic heterocycles. The number of carbonyl (C=O) groups excluding carboxylic acids is 2. The van der Waals surface area contributed by atoms with Gasteiger partial charge in [0.2, 0.25) is 5.91 Å². The van der Waals surface area contributed by atoms with Gasteiger partial charge in [-0.2, -0.15) is 0 Å². The Bertz CT molecular complexity index is 517. The number of halogens is 1. The van der Waals surface area contributed by atoms with E-state index in [2.05, 4.69) is 5.32 Å². The Balaban J connectivity index is 0.00000288. The van der Waals surface area contributed by atoms with E-state index in [0.717, 1.165) is 12.8 Å². The summed E-state index contributed by atoms with van der Waals surface area (Å²) in [6, 6.07) is 9.27. The third kappa shape index (κ3) is 6.37. The molecule has 1 heterocycles. The lowest BCUT2D eigenvalue weighted by Crippen LogP contribution is -2.46. The van der Waals surface area contributed by atoms with Gasteiger partial charge in [-0.25, -0.2) is 0 Å². The standard InChI is InChI=1S/C17H25N3O3.ClH/c1-13(18)14-7-9-20(10-8-14)17(22)11-19-16(21)12-23-15-5-3-2-4-6-15;/h2-6,13-14H,7-12,18H2,1H3,(H,19,21);1H. The number of likely N-dealkylation sites (tertiary alicyclic amines) is 1. The second kappa shape index (κ2) is 10.2. The van der Waals surface area contributed by atoms with E-state index in [0.29, 0.717) is 24.8 Å². The molecule has 24 heavy (non-hydrogen) atoms. The Morgan fingerprint density at radius 3 is 2.50 bits per heavy atom. The Hall–Kier alpha value is -1.79. The van der Waals surface area contributed by atoms with Crippen molar-refractivity contribution in [1.82, 2.24) is 10.2 Å². The molecule has 1 atom stereocenters. The molecular weight excluding hydrogens is 330 g/mol. The highest BCUT2D eigenvalue weighted by Crippen LogP contribution is 2.19. The van der Waals surface area contributed by atoms with E-state index in [1.54, 1.807) is 17.0 Å². The number of nitrogens with two attached hydrogens (primary N) is 1. The molecule has 1 aliphatic rings. The van der Waals surface area contributed by atoms with E-state index in [1.165, 1.54) is 0 Å². The Morgan fingerprint density at radius 2 is 1.92 bits per heavy atom. The quantitative estimate of drug-likeness (QED) is 0.802. The number of nitrogens with one attached hydrogen (secondary N) is 1. The van der Waals surface area contributed by atoms with Gasteiger partial charge < -0.3 is 20.7 Å². The lowest BCUT2D eigenvalue weighted by Gasteiger charge is -2.33. The molecule has 0 spiro atoms. The Morgan fingerprint density at radius 1 is 1.29 bits per heavy atom. The molecular formula is C17H26ClN3O3. The number of hydrogen-bond donors (Lipinski definition) is 2. The molecule has 6 nitrogen and oxygen atoms in total. The third-order valence-corrected chi connectivity index (χ3v) is 4.19. The van der Waals surface area contributed by atoms with Gasteiger partial charge in [-0.05, 0) is 37.8 Å². The molecule has 1 saturated heterocycles. The minimum atomic E-state index is -0.298. The number of ether oxygens (including phenoxy) is 1. The van der Waals surface area contributed by atoms with Crippen LogP contribution in [0.25, 0.3) is 0 Å². The molecule has 1 aromatic carbocycles. The second-order valence-corrected chi connectivity index (χ2v) is 5.96. The molecule has 3 N–H and O–H groups in total. The Kier molecular flexibility index (Phi) is 8.57. The van der Waals surface area contributed by atoms with E-state index in [9.17, 15) is 9.59 Å². The fourth-order valence-electron chi connectivity index (χ4n) is 2.68. The number of hydrogen-bond acceptors (Lipinski definition) is 4. The van der Waals surface area contributed by atoms with Crippen molar-refractivity contribution in [3.8, 4) is 5.75 Å². The molecule has 1 aromatic rings. The van der Waals surface area contributed by atoms with Gasteiger partial charge in [0, 0.05) is 19.1 Å². The van der Waals surface area contributed by atoms with Gasteiger partial charge >= 0.3 is 0 Å². The van der Waals surface area contributed by atoms with Crippen molar-refractivity contribution in [2.45, 2.75) is 25.8 Å². The number of rotatable bonds is 6. The zero-order valence-corrected chi connectivity index (χ0v) is 14.8. The largest absolute Gasteiger partial charge is 0.484 e. The van der Waals surface area contributed by atoms with Gasteiger partial charge in [0.05, 0.1) is 6.54 Å². The number of piperidine rings is 1. The second-order valence-electron chi connectivity index (χ2n) is 5.96. The van der Waals surface area contributed by atoms with Crippen molar-refractivity contribution in [2.24, 2.45) is 11.7 Å². The zero-order valence-electron chi connectivity index (χ0n) is 13.9. The molecule has 1 fully saturated rings. The zero-order chi connectivity index (χ0) is 16.7. The van der Waals surface area contributed by atoms with E-state index in [4.69, 9.17) is 10.5 Å². The van der Waals surface area contributed by atoms with Crippen molar-refractivity contribution in [2.75, 3.05) is 26.2 Å². The van der Waals surface area contributed by atoms with E-state index in [1.807, 2.05) is 25.1 Å². The minimum absolute atomic E-state index is 0. The molecule has 7 heteroatoms. The van der Waals surface area contributed by atoms with Gasteiger partial charge in [-0.1, -0.05) is 18.2 Å². The normalized spacial score (nSPS) is 16.0. The number of amides is 2. The highest BCUT2D eigenvalue weighted by atomic mass is 35.5. The number of carbonyl (C=O) groups is 2. The number of nitrogens with zero attached hydrogens (tertiary/aromatic N) is 1. The summed E-state index contributed by atoms with van der Waals surface area (Å²) < 4.78 is 5.34. The molecule has 0 aliphatic carbocycles. The maximum absolute atomic E-state index is 12.1. The van der Waals surface area contributed by atoms with Gasteiger partial charge in [0.1, 0.15) is 5.75 Å². The van der Waals surface area contributed by atoms with Crippen LogP contribution in [-0.4, -0.2) is 49.0 Å².